The Labute approximate surface area is 293 Å². The third kappa shape index (κ3) is 19.0. The molecule has 0 atom stereocenters. The number of hydrogen-bond acceptors (Lipinski definition) is 6. The maximum Gasteiger partial charge on any atom is 0.225 e. The number of carbonyl (C=O) groups excluding carboxylic acids is 6. The molecule has 0 aromatic carbocycles. The Kier molecular flexibility index (Phi) is 31.9. The molecule has 0 radical (unpaired) electrons. The van der Waals surface area contributed by atoms with Crippen LogP contribution >= 0.6 is 0 Å². The molecule has 2 saturated heterocycles. The van der Waals surface area contributed by atoms with Gasteiger partial charge in [-0.3, -0.25) is 28.8 Å². The van der Waals surface area contributed by atoms with Crippen molar-refractivity contribution in [1.29, 1.82) is 0 Å². The first-order valence-corrected chi connectivity index (χ1v) is 18.7. The first-order chi connectivity index (χ1) is 23.1. The summed E-state index contributed by atoms with van der Waals surface area (Å²) < 4.78 is 0. The number of rotatable bonds is 12. The number of carbonyl (C=O) groups is 6. The molecular formula is C36H72N6O6. The zero-order chi connectivity index (χ0) is 37.7. The predicted molar refractivity (Wildman–Crippen MR) is 194 cm³/mol. The Morgan fingerprint density at radius 1 is 0.292 bits per heavy atom. The fourth-order valence-electron chi connectivity index (χ4n) is 4.68. The molecule has 2 fully saturated rings. The van der Waals surface area contributed by atoms with Crippen molar-refractivity contribution < 1.29 is 28.8 Å². The standard InChI is InChI=1S/2C15H27N3O3.3C2H6/c2*1-4-7-13(19)16-10-17(14(20)8-5-2)12-18(11-16)15(21)9-6-3;3*1-2/h2*4-12H2,1-3H3;3*1-2H3. The van der Waals surface area contributed by atoms with E-state index in [1.54, 1.807) is 29.4 Å². The van der Waals surface area contributed by atoms with E-state index in [2.05, 4.69) is 0 Å². The monoisotopic (exact) mass is 685 g/mol. The molecule has 0 spiro atoms. The van der Waals surface area contributed by atoms with Gasteiger partial charge in [-0.15, -0.1) is 0 Å². The van der Waals surface area contributed by atoms with E-state index in [1.807, 2.05) is 83.1 Å². The highest BCUT2D eigenvalue weighted by atomic mass is 16.2. The number of amides is 6. The molecule has 2 aliphatic rings. The summed E-state index contributed by atoms with van der Waals surface area (Å²) in [6.07, 6.45) is 7.29. The summed E-state index contributed by atoms with van der Waals surface area (Å²) in [6.45, 7) is 25.5. The first-order valence-electron chi connectivity index (χ1n) is 18.7. The van der Waals surface area contributed by atoms with Gasteiger partial charge in [-0.1, -0.05) is 83.1 Å². The highest BCUT2D eigenvalue weighted by molar-refractivity contribution is 5.83. The molecule has 2 aliphatic heterocycles. The highest BCUT2D eigenvalue weighted by Gasteiger charge is 2.32. The normalized spacial score (nSPS) is 13.8. The van der Waals surface area contributed by atoms with E-state index in [-0.39, 0.29) is 35.4 Å². The molecule has 0 aliphatic carbocycles. The van der Waals surface area contributed by atoms with Gasteiger partial charge in [0.05, 0.1) is 40.0 Å². The van der Waals surface area contributed by atoms with Crippen LogP contribution in [0.3, 0.4) is 0 Å². The smallest absolute Gasteiger partial charge is 0.225 e. The Balaban J connectivity index is -0.000000729. The topological polar surface area (TPSA) is 122 Å². The minimum absolute atomic E-state index is 0.000738. The third-order valence-electron chi connectivity index (χ3n) is 6.95. The van der Waals surface area contributed by atoms with Gasteiger partial charge in [0.25, 0.3) is 0 Å². The molecule has 6 amide bonds. The molecule has 2 rings (SSSR count). The van der Waals surface area contributed by atoms with Gasteiger partial charge in [0.15, 0.2) is 0 Å². The summed E-state index contributed by atoms with van der Waals surface area (Å²) in [7, 11) is 0. The lowest BCUT2D eigenvalue weighted by Gasteiger charge is -2.42. The van der Waals surface area contributed by atoms with E-state index in [0.29, 0.717) is 78.5 Å². The van der Waals surface area contributed by atoms with Crippen LogP contribution in [0, 0.1) is 0 Å². The molecular weight excluding hydrogens is 612 g/mol. The Morgan fingerprint density at radius 2 is 0.396 bits per heavy atom. The van der Waals surface area contributed by atoms with Gasteiger partial charge in [0, 0.05) is 38.5 Å². The van der Waals surface area contributed by atoms with Gasteiger partial charge in [0.2, 0.25) is 35.4 Å². The second kappa shape index (κ2) is 31.1. The van der Waals surface area contributed by atoms with Crippen LogP contribution in [0.5, 0.6) is 0 Å². The summed E-state index contributed by atoms with van der Waals surface area (Å²) in [5.74, 6) is 0.00443. The van der Waals surface area contributed by atoms with E-state index in [9.17, 15) is 28.8 Å². The minimum Gasteiger partial charge on any atom is -0.307 e. The summed E-state index contributed by atoms with van der Waals surface area (Å²) in [5.41, 5.74) is 0. The van der Waals surface area contributed by atoms with E-state index >= 15 is 0 Å². The van der Waals surface area contributed by atoms with Crippen molar-refractivity contribution >= 4 is 35.4 Å². The molecule has 0 unspecified atom stereocenters. The van der Waals surface area contributed by atoms with E-state index < -0.39 is 0 Å². The Morgan fingerprint density at radius 3 is 0.479 bits per heavy atom. The second-order valence-corrected chi connectivity index (χ2v) is 10.9. The van der Waals surface area contributed by atoms with Crippen molar-refractivity contribution in [2.75, 3.05) is 40.0 Å². The Hall–Kier alpha value is -3.18. The highest BCUT2D eigenvalue weighted by Crippen LogP contribution is 2.15. The maximum atomic E-state index is 12.1. The van der Waals surface area contributed by atoms with Crippen LogP contribution in [0.15, 0.2) is 0 Å². The summed E-state index contributed by atoms with van der Waals surface area (Å²) >= 11 is 0. The van der Waals surface area contributed by atoms with Crippen LogP contribution in [0.2, 0.25) is 0 Å². The van der Waals surface area contributed by atoms with Gasteiger partial charge in [-0.05, 0) is 38.5 Å². The second-order valence-electron chi connectivity index (χ2n) is 10.9. The SMILES string of the molecule is CC.CC.CC.CCCC(=O)N1CN(C(=O)CCC)CN(C(=O)CCC)C1.CCCC(=O)N1CN(C(=O)CCC)CN(C(=O)CCC)C1. The molecule has 0 aromatic heterocycles. The van der Waals surface area contributed by atoms with E-state index in [0.717, 1.165) is 38.5 Å². The quantitative estimate of drug-likeness (QED) is 0.229. The predicted octanol–water partition coefficient (Wildman–Crippen LogP) is 6.60. The average Bonchev–Trinajstić information content (AvgIpc) is 3.11. The number of hydrogen-bond donors (Lipinski definition) is 0. The van der Waals surface area contributed by atoms with E-state index in [1.165, 1.54) is 0 Å². The van der Waals surface area contributed by atoms with Gasteiger partial charge in [0.1, 0.15) is 0 Å². The molecule has 0 aromatic rings. The molecule has 12 nitrogen and oxygen atoms in total. The van der Waals surface area contributed by atoms with Gasteiger partial charge < -0.3 is 29.4 Å². The maximum absolute atomic E-state index is 12.1. The lowest BCUT2D eigenvalue weighted by molar-refractivity contribution is -0.160. The van der Waals surface area contributed by atoms with Crippen LogP contribution in [-0.4, -0.2) is 105 Å². The molecule has 0 bridgehead atoms. The van der Waals surface area contributed by atoms with E-state index in [4.69, 9.17) is 0 Å². The van der Waals surface area contributed by atoms with Gasteiger partial charge >= 0.3 is 0 Å². The lowest BCUT2D eigenvalue weighted by Crippen LogP contribution is -2.59. The fourth-order valence-corrected chi connectivity index (χ4v) is 4.68. The molecule has 2 heterocycles. The third-order valence-corrected chi connectivity index (χ3v) is 6.95. The number of nitrogens with zero attached hydrogens (tertiary/aromatic N) is 6. The van der Waals surface area contributed by atoms with Crippen LogP contribution in [0.25, 0.3) is 0 Å². The molecule has 0 N–H and O–H groups in total. The van der Waals surface area contributed by atoms with Crippen molar-refractivity contribution in [1.82, 2.24) is 29.4 Å². The molecule has 0 saturated carbocycles. The summed E-state index contributed by atoms with van der Waals surface area (Å²) in [4.78, 5) is 82.2. The summed E-state index contributed by atoms with van der Waals surface area (Å²) in [6, 6.07) is 0. The lowest BCUT2D eigenvalue weighted by atomic mass is 10.2. The van der Waals surface area contributed by atoms with Gasteiger partial charge in [-0.25, -0.2) is 0 Å². The van der Waals surface area contributed by atoms with Crippen LogP contribution in [0.1, 0.15) is 160 Å². The molecule has 48 heavy (non-hydrogen) atoms. The van der Waals surface area contributed by atoms with Crippen LogP contribution < -0.4 is 0 Å². The first kappa shape index (κ1) is 49.2. The van der Waals surface area contributed by atoms with Gasteiger partial charge in [-0.2, -0.15) is 0 Å². The van der Waals surface area contributed by atoms with Crippen molar-refractivity contribution in [3.63, 3.8) is 0 Å². The van der Waals surface area contributed by atoms with Crippen molar-refractivity contribution in [2.45, 2.75) is 160 Å². The molecule has 282 valence electrons. The van der Waals surface area contributed by atoms with Crippen molar-refractivity contribution in [3.8, 4) is 0 Å². The fraction of sp³-hybridized carbons (Fsp3) is 0.833. The van der Waals surface area contributed by atoms with Crippen molar-refractivity contribution in [3.05, 3.63) is 0 Å². The Bertz CT molecular complexity index is 717. The minimum atomic E-state index is 0.000738. The van der Waals surface area contributed by atoms with Crippen LogP contribution in [0.4, 0.5) is 0 Å². The zero-order valence-electron chi connectivity index (χ0n) is 32.9. The van der Waals surface area contributed by atoms with Crippen molar-refractivity contribution in [2.24, 2.45) is 0 Å². The molecule has 12 heteroatoms. The zero-order valence-corrected chi connectivity index (χ0v) is 32.9. The summed E-state index contributed by atoms with van der Waals surface area (Å²) in [5, 5.41) is 0. The average molecular weight is 685 g/mol. The largest absolute Gasteiger partial charge is 0.307 e. The van der Waals surface area contributed by atoms with Crippen LogP contribution in [-0.2, 0) is 28.8 Å².